The minimum absolute atomic E-state index is 0.109. The van der Waals surface area contributed by atoms with Crippen LogP contribution in [0, 0.1) is 0 Å². The van der Waals surface area contributed by atoms with E-state index in [1.54, 1.807) is 6.07 Å². The summed E-state index contributed by atoms with van der Waals surface area (Å²) >= 11 is 12.5. The van der Waals surface area contributed by atoms with Gasteiger partial charge in [-0.1, -0.05) is 79.0 Å². The van der Waals surface area contributed by atoms with Crippen LogP contribution in [0.25, 0.3) is 34.5 Å². The van der Waals surface area contributed by atoms with E-state index in [0.29, 0.717) is 23.1 Å². The van der Waals surface area contributed by atoms with Crippen LogP contribution in [0.15, 0.2) is 72.9 Å². The Bertz CT molecular complexity index is 1390. The van der Waals surface area contributed by atoms with Gasteiger partial charge < -0.3 is 14.4 Å². The Balaban J connectivity index is 1.45. The molecule has 4 aromatic rings. The van der Waals surface area contributed by atoms with Crippen LogP contribution in [0.3, 0.4) is 0 Å². The first kappa shape index (κ1) is 27.5. The van der Waals surface area contributed by atoms with Gasteiger partial charge in [-0.25, -0.2) is 4.98 Å². The van der Waals surface area contributed by atoms with E-state index in [9.17, 15) is 4.79 Å². The number of carboxylic acids is 1. The first-order chi connectivity index (χ1) is 18.4. The maximum atomic E-state index is 10.6. The summed E-state index contributed by atoms with van der Waals surface area (Å²) in [6.07, 6.45) is 8.90. The lowest BCUT2D eigenvalue weighted by molar-refractivity contribution is -0.137. The number of aliphatic carboxylic acids is 1. The predicted octanol–water partition coefficient (Wildman–Crippen LogP) is 8.74. The molecule has 0 aliphatic heterocycles. The maximum absolute atomic E-state index is 10.6. The Morgan fingerprint density at radius 3 is 2.34 bits per heavy atom. The van der Waals surface area contributed by atoms with Gasteiger partial charge in [0.1, 0.15) is 11.6 Å². The lowest BCUT2D eigenvalue weighted by Gasteiger charge is -2.07. The van der Waals surface area contributed by atoms with Gasteiger partial charge in [0.05, 0.1) is 17.3 Å². The quantitative estimate of drug-likeness (QED) is 0.180. The van der Waals surface area contributed by atoms with Crippen LogP contribution in [-0.2, 0) is 11.3 Å². The van der Waals surface area contributed by atoms with Gasteiger partial charge >= 0.3 is 5.97 Å². The average molecular weight is 549 g/mol. The van der Waals surface area contributed by atoms with Crippen molar-refractivity contribution in [3.05, 3.63) is 94.4 Å². The maximum Gasteiger partial charge on any atom is 0.303 e. The normalized spacial score (nSPS) is 11.2. The fourth-order valence-electron chi connectivity index (χ4n) is 4.01. The van der Waals surface area contributed by atoms with Crippen LogP contribution in [-0.4, -0.2) is 27.2 Å². The molecule has 1 N–H and O–H groups in total. The number of aromatic nitrogens is 2. The van der Waals surface area contributed by atoms with E-state index in [1.165, 1.54) is 0 Å². The minimum Gasteiger partial charge on any atom is -0.494 e. The van der Waals surface area contributed by atoms with Gasteiger partial charge in [-0.3, -0.25) is 4.79 Å². The third-order valence-electron chi connectivity index (χ3n) is 6.09. The smallest absolute Gasteiger partial charge is 0.303 e. The molecule has 0 fully saturated rings. The SMILES string of the molecule is CCCCn1cc(-c2ccc(Cl)cc2Cl)nc1/C=C/c1ccc(-c2ccc(OCCCC(=O)O)cc2)cc1. The second-order valence-electron chi connectivity index (χ2n) is 8.98. The summed E-state index contributed by atoms with van der Waals surface area (Å²) < 4.78 is 7.79. The van der Waals surface area contributed by atoms with E-state index < -0.39 is 5.97 Å². The zero-order chi connectivity index (χ0) is 26.9. The highest BCUT2D eigenvalue weighted by molar-refractivity contribution is 6.36. The third kappa shape index (κ3) is 7.50. The van der Waals surface area contributed by atoms with E-state index >= 15 is 0 Å². The molecule has 196 valence electrons. The molecule has 0 saturated heterocycles. The Labute approximate surface area is 233 Å². The van der Waals surface area contributed by atoms with Gasteiger partial charge in [0.15, 0.2) is 0 Å². The molecule has 0 saturated carbocycles. The number of hydrogen-bond donors (Lipinski definition) is 1. The third-order valence-corrected chi connectivity index (χ3v) is 6.64. The summed E-state index contributed by atoms with van der Waals surface area (Å²) in [4.78, 5) is 15.5. The lowest BCUT2D eigenvalue weighted by atomic mass is 10.0. The molecular formula is C31H30Cl2N2O3. The van der Waals surface area contributed by atoms with E-state index in [0.717, 1.165) is 58.9 Å². The van der Waals surface area contributed by atoms with E-state index in [4.69, 9.17) is 38.0 Å². The summed E-state index contributed by atoms with van der Waals surface area (Å²) in [6.45, 7) is 3.44. The number of unbranched alkanes of at least 4 members (excludes halogenated alkanes) is 1. The highest BCUT2D eigenvalue weighted by Gasteiger charge is 2.11. The first-order valence-electron chi connectivity index (χ1n) is 12.7. The fraction of sp³-hybridized carbons (Fsp3) is 0.226. The molecule has 38 heavy (non-hydrogen) atoms. The van der Waals surface area contributed by atoms with Crippen molar-refractivity contribution in [2.75, 3.05) is 6.61 Å². The van der Waals surface area contributed by atoms with Crippen molar-refractivity contribution in [1.29, 1.82) is 0 Å². The molecule has 0 bridgehead atoms. The summed E-state index contributed by atoms with van der Waals surface area (Å²) in [5, 5.41) is 9.90. The number of hydrogen-bond acceptors (Lipinski definition) is 3. The number of carboxylic acid groups (broad SMARTS) is 1. The summed E-state index contributed by atoms with van der Waals surface area (Å²) in [7, 11) is 0. The number of rotatable bonds is 12. The summed E-state index contributed by atoms with van der Waals surface area (Å²) in [5.74, 6) is 0.801. The van der Waals surface area contributed by atoms with Gasteiger partial charge in [0, 0.05) is 29.7 Å². The Morgan fingerprint density at radius 1 is 0.974 bits per heavy atom. The Hall–Kier alpha value is -3.54. The molecule has 1 heterocycles. The van der Waals surface area contributed by atoms with Crippen LogP contribution in [0.2, 0.25) is 10.0 Å². The van der Waals surface area contributed by atoms with Gasteiger partial charge in [-0.05, 0) is 65.9 Å². The number of carbonyl (C=O) groups is 1. The monoisotopic (exact) mass is 548 g/mol. The molecule has 7 heteroatoms. The number of benzene rings is 3. The zero-order valence-electron chi connectivity index (χ0n) is 21.2. The second-order valence-corrected chi connectivity index (χ2v) is 9.82. The molecule has 0 radical (unpaired) electrons. The van der Waals surface area contributed by atoms with Crippen LogP contribution in [0.4, 0.5) is 0 Å². The predicted molar refractivity (Wildman–Crippen MR) is 156 cm³/mol. The van der Waals surface area contributed by atoms with Gasteiger partial charge in [0.2, 0.25) is 0 Å². The number of imidazole rings is 1. The Kier molecular flexibility index (Phi) is 9.63. The fourth-order valence-corrected chi connectivity index (χ4v) is 4.52. The van der Waals surface area contributed by atoms with Crippen molar-refractivity contribution in [3.63, 3.8) is 0 Å². The van der Waals surface area contributed by atoms with Crippen molar-refractivity contribution in [2.24, 2.45) is 0 Å². The molecule has 0 unspecified atom stereocenters. The number of nitrogens with zero attached hydrogens (tertiary/aromatic N) is 2. The molecule has 0 aliphatic carbocycles. The lowest BCUT2D eigenvalue weighted by Crippen LogP contribution is -2.01. The Morgan fingerprint density at radius 2 is 1.68 bits per heavy atom. The van der Waals surface area contributed by atoms with Crippen LogP contribution in [0.1, 0.15) is 44.0 Å². The van der Waals surface area contributed by atoms with E-state index in [-0.39, 0.29) is 6.42 Å². The van der Waals surface area contributed by atoms with E-state index in [2.05, 4.69) is 41.8 Å². The van der Waals surface area contributed by atoms with E-state index in [1.807, 2.05) is 48.7 Å². The first-order valence-corrected chi connectivity index (χ1v) is 13.4. The van der Waals surface area contributed by atoms with Crippen LogP contribution in [0.5, 0.6) is 5.75 Å². The van der Waals surface area contributed by atoms with Crippen LogP contribution < -0.4 is 4.74 Å². The summed E-state index contributed by atoms with van der Waals surface area (Å²) in [6, 6.07) is 21.6. The number of ether oxygens (including phenoxy) is 1. The standard InChI is InChI=1S/C31H30Cl2N2O3/c1-2-3-18-35-21-29(27-16-13-25(32)20-28(27)33)34-30(35)17-8-22-6-9-23(10-7-22)24-11-14-26(15-12-24)38-19-4-5-31(36)37/h6-17,20-21H,2-5,18-19H2,1H3,(H,36,37)/b17-8+. The largest absolute Gasteiger partial charge is 0.494 e. The van der Waals surface area contributed by atoms with Crippen molar-refractivity contribution < 1.29 is 14.6 Å². The minimum atomic E-state index is -0.809. The molecule has 1 aromatic heterocycles. The molecule has 0 aliphatic rings. The molecule has 0 atom stereocenters. The summed E-state index contributed by atoms with van der Waals surface area (Å²) in [5.41, 5.74) is 4.94. The van der Waals surface area contributed by atoms with Crippen LogP contribution >= 0.6 is 23.2 Å². The molecule has 4 rings (SSSR count). The van der Waals surface area contributed by atoms with Gasteiger partial charge in [-0.2, -0.15) is 0 Å². The van der Waals surface area contributed by atoms with Gasteiger partial charge in [-0.15, -0.1) is 0 Å². The van der Waals surface area contributed by atoms with Crippen molar-refractivity contribution in [3.8, 4) is 28.1 Å². The molecular weight excluding hydrogens is 519 g/mol. The highest BCUT2D eigenvalue weighted by atomic mass is 35.5. The second kappa shape index (κ2) is 13.3. The molecule has 3 aromatic carbocycles. The highest BCUT2D eigenvalue weighted by Crippen LogP contribution is 2.30. The average Bonchev–Trinajstić information content (AvgIpc) is 3.32. The van der Waals surface area contributed by atoms with Crippen molar-refractivity contribution in [2.45, 2.75) is 39.2 Å². The number of halogens is 2. The number of aryl methyl sites for hydroxylation is 1. The molecule has 0 spiro atoms. The molecule has 5 nitrogen and oxygen atoms in total. The topological polar surface area (TPSA) is 64.4 Å². The zero-order valence-corrected chi connectivity index (χ0v) is 22.8. The van der Waals surface area contributed by atoms with Gasteiger partial charge in [0.25, 0.3) is 0 Å². The van der Waals surface area contributed by atoms with Crippen molar-refractivity contribution in [1.82, 2.24) is 9.55 Å². The van der Waals surface area contributed by atoms with Crippen molar-refractivity contribution >= 4 is 41.3 Å². The molecule has 0 amide bonds.